The smallest absolute Gasteiger partial charge is 0.460 e. The van der Waals surface area contributed by atoms with Crippen molar-refractivity contribution in [2.24, 2.45) is 0 Å². The molecule has 0 aromatic heterocycles. The van der Waals surface area contributed by atoms with Gasteiger partial charge >= 0.3 is 292 Å². The van der Waals surface area contributed by atoms with Crippen molar-refractivity contribution in [2.75, 3.05) is 0 Å². The number of hydrogen-bond donors (Lipinski definition) is 0. The van der Waals surface area contributed by atoms with Crippen molar-refractivity contribution in [1.29, 1.82) is 0 Å². The molecule has 4 aromatic rings. The molecule has 0 saturated carbocycles. The maximum atomic E-state index is 13.1. The Balaban J connectivity index is 0.000000320. The Labute approximate surface area is 370 Å². The predicted molar refractivity (Wildman–Crippen MR) is 219 cm³/mol. The van der Waals surface area contributed by atoms with E-state index in [9.17, 15) is 61.1 Å². The normalized spacial score (nSPS) is 14.7. The molecule has 0 amide bonds. The Morgan fingerprint density at radius 1 is 0.355 bits per heavy atom. The van der Waals surface area contributed by atoms with Gasteiger partial charge in [-0.25, -0.2) is 21.2 Å². The van der Waals surface area contributed by atoms with Gasteiger partial charge in [0.05, 0.1) is 0 Å². The maximum Gasteiger partial charge on any atom is 0.460 e. The van der Waals surface area contributed by atoms with Crippen molar-refractivity contribution in [2.45, 2.75) is 119 Å². The van der Waals surface area contributed by atoms with Gasteiger partial charge in [0.25, 0.3) is 0 Å². The van der Waals surface area contributed by atoms with E-state index in [1.165, 1.54) is 0 Å². The van der Waals surface area contributed by atoms with Crippen LogP contribution in [0.2, 0.25) is 0 Å². The van der Waals surface area contributed by atoms with Crippen molar-refractivity contribution in [3.8, 4) is 0 Å². The molecule has 0 saturated heterocycles. The Bertz CT molecular complexity index is 2030. The third-order valence-electron chi connectivity index (χ3n) is 9.41. The topological polar surface area (TPSA) is 114 Å². The Hall–Kier alpha value is -2.40. The van der Waals surface area contributed by atoms with Crippen LogP contribution in [0.3, 0.4) is 0 Å². The molecule has 0 aliphatic carbocycles. The minimum absolute atomic E-state index is 0.285. The van der Waals surface area contributed by atoms with Crippen molar-refractivity contribution in [1.82, 2.24) is 0 Å². The van der Waals surface area contributed by atoms with E-state index in [2.05, 4.69) is 204 Å². The van der Waals surface area contributed by atoms with Crippen LogP contribution in [0, 0.1) is 14.3 Å². The van der Waals surface area contributed by atoms with Crippen molar-refractivity contribution >= 4 is 20.2 Å². The second kappa shape index (κ2) is 18.8. The summed E-state index contributed by atoms with van der Waals surface area (Å²) in [5, 5.41) is 0. The van der Waals surface area contributed by atoms with Gasteiger partial charge in [-0.3, -0.25) is 0 Å². The van der Waals surface area contributed by atoms with E-state index >= 15 is 0 Å². The molecule has 0 heterocycles. The average molecular weight is 1150 g/mol. The second-order valence-corrected chi connectivity index (χ2v) is 45.3. The van der Waals surface area contributed by atoms with Crippen LogP contribution in [0.5, 0.6) is 0 Å². The summed E-state index contributed by atoms with van der Waals surface area (Å²) >= 11 is -5.03. The first-order chi connectivity index (χ1) is 27.7. The first kappa shape index (κ1) is 55.7. The molecule has 0 aliphatic heterocycles. The van der Waals surface area contributed by atoms with E-state index in [-0.39, 0.29) is 13.7 Å². The van der Waals surface area contributed by atoms with Gasteiger partial charge in [0.1, 0.15) is 0 Å². The second-order valence-electron chi connectivity index (χ2n) is 17.7. The van der Waals surface area contributed by atoms with Gasteiger partial charge < -0.3 is 9.11 Å². The third-order valence-corrected chi connectivity index (χ3v) is 42.2. The first-order valence-electron chi connectivity index (χ1n) is 18.8. The van der Waals surface area contributed by atoms with Crippen LogP contribution < -0.4 is 36.9 Å². The molecule has 350 valence electrons. The van der Waals surface area contributed by atoms with Crippen LogP contribution in [-0.2, 0) is 20.2 Å². The maximum absolute atomic E-state index is 13.1. The van der Waals surface area contributed by atoms with Gasteiger partial charge in [-0.05, 0) is 0 Å². The van der Waals surface area contributed by atoms with Gasteiger partial charge in [0.15, 0.2) is 20.2 Å². The fourth-order valence-corrected chi connectivity index (χ4v) is 41.7. The van der Waals surface area contributed by atoms with Crippen LogP contribution in [-0.4, -0.2) is 62.0 Å². The number of rotatable bonds is 8. The summed E-state index contributed by atoms with van der Waals surface area (Å²) in [6, 6.07) is 45.0. The molecule has 18 heteroatoms. The molecule has 4 rings (SSSR count). The molecule has 62 heavy (non-hydrogen) atoms. The molecule has 0 atom stereocenters. The molecule has 0 radical (unpaired) electrons. The van der Waals surface area contributed by atoms with Crippen molar-refractivity contribution < 1.29 is 97.9 Å². The SMILES string of the molecule is CC(C)(C)[I+](c1ccccc1)(c1ccccc1)C(C)(C)C.CC(C)(C)[I+](c1ccccc1)(c1ccccc1)C(C)(C)C.O=S(=O)([O-])C(F)(C(F)(F)C(F)(F)C(F)(F)F)S(=O)(=O)[O-]. The molecular formula is C44H56F8I2O6S2. The Morgan fingerprint density at radius 3 is 0.661 bits per heavy atom. The number of alkyl halides is 12. The summed E-state index contributed by atoms with van der Waals surface area (Å²) in [7, 11) is -15.5. The van der Waals surface area contributed by atoms with E-state index in [0.717, 1.165) is 0 Å². The van der Waals surface area contributed by atoms with Crippen LogP contribution in [0.1, 0.15) is 83.1 Å². The van der Waals surface area contributed by atoms with Gasteiger partial charge in [0.2, 0.25) is 0 Å². The Kier molecular flexibility index (Phi) is 16.9. The zero-order valence-corrected chi connectivity index (χ0v) is 42.5. The van der Waals surface area contributed by atoms with Crippen LogP contribution in [0.4, 0.5) is 35.1 Å². The number of halogens is 10. The fraction of sp³-hybridized carbons (Fsp3) is 0.455. The Morgan fingerprint density at radius 2 is 0.532 bits per heavy atom. The van der Waals surface area contributed by atoms with E-state index in [1.54, 1.807) is 14.3 Å². The summed E-state index contributed by atoms with van der Waals surface area (Å²) in [4.78, 5) is 0. The molecule has 0 N–H and O–H groups in total. The van der Waals surface area contributed by atoms with E-state index in [0.29, 0.717) is 0 Å². The fourth-order valence-electron chi connectivity index (χ4n) is 7.79. The zero-order chi connectivity index (χ0) is 48.5. The quantitative estimate of drug-likeness (QED) is 0.0998. The molecule has 0 unspecified atom stereocenters. The summed E-state index contributed by atoms with van der Waals surface area (Å²) in [5.41, 5.74) is 0. The van der Waals surface area contributed by atoms with E-state index in [4.69, 9.17) is 0 Å². The third kappa shape index (κ3) is 10.2. The summed E-state index contributed by atoms with van der Waals surface area (Å²) in [6.45, 7) is 29.3. The van der Waals surface area contributed by atoms with Gasteiger partial charge in [-0.1, -0.05) is 0 Å². The van der Waals surface area contributed by atoms with Gasteiger partial charge in [-0.2, -0.15) is 30.7 Å². The molecule has 0 spiro atoms. The number of benzene rings is 4. The molecule has 6 nitrogen and oxygen atoms in total. The number of hydrogen-bond acceptors (Lipinski definition) is 6. The minimum Gasteiger partial charge on any atom is -0.745 e. The van der Waals surface area contributed by atoms with Crippen molar-refractivity contribution in [3.63, 3.8) is 0 Å². The van der Waals surface area contributed by atoms with Gasteiger partial charge in [-0.15, -0.1) is 0 Å². The largest absolute Gasteiger partial charge is 0.745 e. The molecule has 0 aliphatic rings. The van der Waals surface area contributed by atoms with Crippen LogP contribution in [0.15, 0.2) is 121 Å². The molecule has 4 aromatic carbocycles. The molecule has 0 fully saturated rings. The van der Waals surface area contributed by atoms with E-state index in [1.807, 2.05) is 0 Å². The van der Waals surface area contributed by atoms with E-state index < -0.39 is 79.5 Å². The van der Waals surface area contributed by atoms with Crippen molar-refractivity contribution in [3.05, 3.63) is 136 Å². The summed E-state index contributed by atoms with van der Waals surface area (Å²) in [5.74, 6) is -15.4. The average Bonchev–Trinajstić information content (AvgIpc) is 3.10. The minimum atomic E-state index is -7.77. The standard InChI is InChI=1S/2C20H28I.C4H2F8O6S2/c2*1-19(2,3)21(20(4,5)6,17-13-9-7-10-14-17)18-15-11-8-12-16-18;5-1(6,3(9,10)11)2(7,8)4(12,19(13,14)15)20(16,17)18/h2*7-16H,1-6H3;(H,13,14,15)(H,16,17,18)/q2*+1;/p-2. The van der Waals surface area contributed by atoms with Gasteiger partial charge in [0, 0.05) is 0 Å². The first-order valence-corrected chi connectivity index (χ1v) is 30.3. The molecule has 0 bridgehead atoms. The molecular weight excluding hydrogens is 1090 g/mol. The van der Waals surface area contributed by atoms with Crippen LogP contribution in [0.25, 0.3) is 0 Å². The monoisotopic (exact) mass is 1150 g/mol. The summed E-state index contributed by atoms with van der Waals surface area (Å²) < 4.78 is 159. The van der Waals surface area contributed by atoms with Crippen LogP contribution >= 0.6 is 0 Å². The predicted octanol–water partition coefficient (Wildman–Crippen LogP) is 5.50. The summed E-state index contributed by atoms with van der Waals surface area (Å²) in [6.07, 6.45) is -7.36. The zero-order valence-electron chi connectivity index (χ0n) is 36.6.